The van der Waals surface area contributed by atoms with E-state index in [-0.39, 0.29) is 22.9 Å². The van der Waals surface area contributed by atoms with Gasteiger partial charge >= 0.3 is 0 Å². The summed E-state index contributed by atoms with van der Waals surface area (Å²) in [6, 6.07) is 11.8. The normalized spacial score (nSPS) is 10.3. The van der Waals surface area contributed by atoms with Crippen molar-refractivity contribution in [1.29, 1.82) is 0 Å². The summed E-state index contributed by atoms with van der Waals surface area (Å²) in [7, 11) is 0. The highest BCUT2D eigenvalue weighted by Gasteiger charge is 2.11. The van der Waals surface area contributed by atoms with Crippen molar-refractivity contribution in [1.82, 2.24) is 0 Å². The van der Waals surface area contributed by atoms with Crippen LogP contribution in [0.5, 0.6) is 0 Å². The fourth-order valence-electron chi connectivity index (χ4n) is 1.70. The van der Waals surface area contributed by atoms with Gasteiger partial charge in [-0.25, -0.2) is 4.39 Å². The van der Waals surface area contributed by atoms with Gasteiger partial charge in [0.05, 0.1) is 6.42 Å². The third-order valence-electron chi connectivity index (χ3n) is 2.73. The molecule has 2 nitrogen and oxygen atoms in total. The molecule has 0 heterocycles. The van der Waals surface area contributed by atoms with Crippen LogP contribution in [0.15, 0.2) is 42.5 Å². The van der Waals surface area contributed by atoms with E-state index in [1.54, 1.807) is 18.2 Å². The molecule has 0 spiro atoms. The van der Waals surface area contributed by atoms with Crippen LogP contribution in [0.2, 0.25) is 5.02 Å². The van der Waals surface area contributed by atoms with E-state index in [0.717, 1.165) is 5.56 Å². The molecule has 0 fully saturated rings. The second-order valence-corrected chi connectivity index (χ2v) is 4.70. The Balaban J connectivity index is 2.07. The van der Waals surface area contributed by atoms with E-state index in [1.165, 1.54) is 12.1 Å². The van der Waals surface area contributed by atoms with Crippen molar-refractivity contribution in [3.8, 4) is 0 Å². The van der Waals surface area contributed by atoms with Crippen molar-refractivity contribution in [3.05, 3.63) is 64.4 Å². The first kappa shape index (κ1) is 13.6. The molecule has 0 aromatic heterocycles. The molecule has 2 aromatic carbocycles. The van der Waals surface area contributed by atoms with Crippen molar-refractivity contribution < 1.29 is 9.18 Å². The van der Waals surface area contributed by atoms with Gasteiger partial charge in [-0.2, -0.15) is 0 Å². The first-order valence-electron chi connectivity index (χ1n) is 5.85. The summed E-state index contributed by atoms with van der Waals surface area (Å²) in [5.41, 5.74) is 2.01. The molecular weight excluding hydrogens is 265 g/mol. The number of carbonyl (C=O) groups excluding carboxylic acids is 1. The Bertz CT molecular complexity index is 575. The summed E-state index contributed by atoms with van der Waals surface area (Å²) in [6.45, 7) is 1.96. The fraction of sp³-hybridized carbons (Fsp3) is 0.133. The summed E-state index contributed by atoms with van der Waals surface area (Å²) in [4.78, 5) is 11.8. The number of nitrogens with one attached hydrogen (secondary N) is 1. The predicted molar refractivity (Wildman–Crippen MR) is 74.9 cm³/mol. The molecule has 0 saturated carbocycles. The number of anilines is 1. The molecule has 1 amide bonds. The Morgan fingerprint density at radius 1 is 1.21 bits per heavy atom. The summed E-state index contributed by atoms with van der Waals surface area (Å²) < 4.78 is 13.5. The van der Waals surface area contributed by atoms with Gasteiger partial charge in [0.15, 0.2) is 0 Å². The zero-order valence-corrected chi connectivity index (χ0v) is 11.2. The number of hydrogen-bond acceptors (Lipinski definition) is 1. The van der Waals surface area contributed by atoms with Crippen LogP contribution in [0, 0.1) is 12.7 Å². The van der Waals surface area contributed by atoms with Crippen LogP contribution < -0.4 is 5.32 Å². The summed E-state index contributed by atoms with van der Waals surface area (Å²) in [5, 5.41) is 2.97. The molecule has 2 aromatic rings. The molecular formula is C15H13ClFNO. The molecule has 4 heteroatoms. The quantitative estimate of drug-likeness (QED) is 0.904. The molecule has 0 radical (unpaired) electrons. The van der Waals surface area contributed by atoms with E-state index < -0.39 is 5.82 Å². The first-order valence-corrected chi connectivity index (χ1v) is 6.23. The molecule has 0 aliphatic carbocycles. The second-order valence-electron chi connectivity index (χ2n) is 4.29. The van der Waals surface area contributed by atoms with Crippen molar-refractivity contribution in [2.75, 3.05) is 5.32 Å². The Morgan fingerprint density at radius 2 is 1.89 bits per heavy atom. The number of hydrogen-bond donors (Lipinski definition) is 1. The molecule has 19 heavy (non-hydrogen) atoms. The minimum Gasteiger partial charge on any atom is -0.326 e. The van der Waals surface area contributed by atoms with Crippen LogP contribution in [0.1, 0.15) is 11.1 Å². The maximum absolute atomic E-state index is 13.5. The Labute approximate surface area is 116 Å². The monoisotopic (exact) mass is 277 g/mol. The van der Waals surface area contributed by atoms with Gasteiger partial charge in [-0.1, -0.05) is 35.4 Å². The van der Waals surface area contributed by atoms with Crippen LogP contribution in [0.25, 0.3) is 0 Å². The highest BCUT2D eigenvalue weighted by Crippen LogP contribution is 2.20. The van der Waals surface area contributed by atoms with E-state index >= 15 is 0 Å². The smallest absolute Gasteiger partial charge is 0.228 e. The van der Waals surface area contributed by atoms with E-state index in [2.05, 4.69) is 5.32 Å². The number of benzene rings is 2. The minimum atomic E-state index is -0.466. The number of amides is 1. The number of carbonyl (C=O) groups is 1. The maximum atomic E-state index is 13.5. The van der Waals surface area contributed by atoms with Gasteiger partial charge in [0, 0.05) is 16.3 Å². The lowest BCUT2D eigenvalue weighted by atomic mass is 10.1. The van der Waals surface area contributed by atoms with Crippen molar-refractivity contribution >= 4 is 23.2 Å². The summed E-state index contributed by atoms with van der Waals surface area (Å²) in [5.74, 6) is -0.762. The van der Waals surface area contributed by atoms with Crippen molar-refractivity contribution in [2.24, 2.45) is 0 Å². The number of aryl methyl sites for hydroxylation is 1. The zero-order chi connectivity index (χ0) is 13.8. The van der Waals surface area contributed by atoms with Gasteiger partial charge in [0.2, 0.25) is 5.91 Å². The highest BCUT2D eigenvalue weighted by molar-refractivity contribution is 6.31. The lowest BCUT2D eigenvalue weighted by Gasteiger charge is -2.07. The molecule has 0 unspecified atom stereocenters. The van der Waals surface area contributed by atoms with E-state index in [4.69, 9.17) is 11.6 Å². The molecule has 0 saturated heterocycles. The zero-order valence-electron chi connectivity index (χ0n) is 10.4. The Hall–Kier alpha value is -1.87. The lowest BCUT2D eigenvalue weighted by Crippen LogP contribution is -2.15. The fourth-order valence-corrected chi connectivity index (χ4v) is 1.93. The molecule has 98 valence electrons. The average Bonchev–Trinajstić information content (AvgIpc) is 2.37. The molecule has 0 bridgehead atoms. The summed E-state index contributed by atoms with van der Waals surface area (Å²) >= 11 is 5.88. The Morgan fingerprint density at radius 3 is 2.53 bits per heavy atom. The standard InChI is InChI=1S/C15H13ClFNO/c1-10-5-7-11(8-6-10)18-15(19)9-12-13(16)3-2-4-14(12)17/h2-8H,9H2,1H3,(H,18,19). The first-order chi connectivity index (χ1) is 9.06. The predicted octanol–water partition coefficient (Wildman–Crippen LogP) is 3.97. The maximum Gasteiger partial charge on any atom is 0.228 e. The molecule has 0 aliphatic rings. The second kappa shape index (κ2) is 5.85. The van der Waals surface area contributed by atoms with Crippen molar-refractivity contribution in [3.63, 3.8) is 0 Å². The Kier molecular flexibility index (Phi) is 4.17. The van der Waals surface area contributed by atoms with Gasteiger partial charge in [-0.15, -0.1) is 0 Å². The van der Waals surface area contributed by atoms with Crippen LogP contribution >= 0.6 is 11.6 Å². The van der Waals surface area contributed by atoms with Crippen LogP contribution in [-0.2, 0) is 11.2 Å². The van der Waals surface area contributed by atoms with Crippen molar-refractivity contribution in [2.45, 2.75) is 13.3 Å². The lowest BCUT2D eigenvalue weighted by molar-refractivity contribution is -0.115. The molecule has 0 aliphatic heterocycles. The topological polar surface area (TPSA) is 29.1 Å². The van der Waals surface area contributed by atoms with Gasteiger partial charge in [0.25, 0.3) is 0 Å². The molecule has 0 atom stereocenters. The largest absolute Gasteiger partial charge is 0.326 e. The summed E-state index contributed by atoms with van der Waals surface area (Å²) in [6.07, 6.45) is -0.0839. The van der Waals surface area contributed by atoms with Crippen LogP contribution in [0.4, 0.5) is 10.1 Å². The third-order valence-corrected chi connectivity index (χ3v) is 3.09. The van der Waals surface area contributed by atoms with Gasteiger partial charge < -0.3 is 5.32 Å². The van der Waals surface area contributed by atoms with Crippen LogP contribution in [0.3, 0.4) is 0 Å². The minimum absolute atomic E-state index is 0.0839. The highest BCUT2D eigenvalue weighted by atomic mass is 35.5. The third kappa shape index (κ3) is 3.55. The van der Waals surface area contributed by atoms with Crippen LogP contribution in [-0.4, -0.2) is 5.91 Å². The van der Waals surface area contributed by atoms with E-state index in [0.29, 0.717) is 5.69 Å². The SMILES string of the molecule is Cc1ccc(NC(=O)Cc2c(F)cccc2Cl)cc1. The van der Waals surface area contributed by atoms with Gasteiger partial charge in [-0.05, 0) is 31.2 Å². The van der Waals surface area contributed by atoms with Gasteiger partial charge in [-0.3, -0.25) is 4.79 Å². The van der Waals surface area contributed by atoms with E-state index in [9.17, 15) is 9.18 Å². The van der Waals surface area contributed by atoms with E-state index in [1.807, 2.05) is 19.1 Å². The molecule has 1 N–H and O–H groups in total. The number of halogens is 2. The average molecular weight is 278 g/mol. The molecule has 2 rings (SSSR count). The van der Waals surface area contributed by atoms with Gasteiger partial charge in [0.1, 0.15) is 5.82 Å². The number of rotatable bonds is 3.